The normalized spacial score (nSPS) is 20.8. The van der Waals surface area contributed by atoms with Crippen molar-refractivity contribution in [1.82, 2.24) is 29.6 Å². The minimum absolute atomic E-state index is 0.464. The molecule has 2 aliphatic rings. The molecule has 0 unspecified atom stereocenters. The lowest BCUT2D eigenvalue weighted by Gasteiger charge is -2.32. The van der Waals surface area contributed by atoms with E-state index in [1.54, 1.807) is 0 Å². The van der Waals surface area contributed by atoms with Crippen LogP contribution >= 0.6 is 0 Å². The van der Waals surface area contributed by atoms with Crippen molar-refractivity contribution in [3.63, 3.8) is 0 Å². The second-order valence-electron chi connectivity index (χ2n) is 8.55. The van der Waals surface area contributed by atoms with Crippen molar-refractivity contribution in [3.8, 4) is 0 Å². The van der Waals surface area contributed by atoms with E-state index in [9.17, 15) is 0 Å². The number of piperazine rings is 1. The summed E-state index contributed by atoms with van der Waals surface area (Å²) in [6.45, 7) is 10.0. The number of aromatic nitrogens is 5. The van der Waals surface area contributed by atoms with E-state index >= 15 is 0 Å². The molecule has 9 heteroatoms. The summed E-state index contributed by atoms with van der Waals surface area (Å²) in [6, 6.07) is 5.05. The molecular formula is C22H30N8O. The molecule has 3 aromatic rings. The van der Waals surface area contributed by atoms with Crippen LogP contribution in [0.25, 0.3) is 11.0 Å². The van der Waals surface area contributed by atoms with E-state index in [4.69, 9.17) is 19.8 Å². The zero-order valence-electron chi connectivity index (χ0n) is 18.7. The van der Waals surface area contributed by atoms with E-state index in [0.29, 0.717) is 31.8 Å². The first-order chi connectivity index (χ1) is 15.0. The van der Waals surface area contributed by atoms with E-state index in [1.807, 2.05) is 36.9 Å². The van der Waals surface area contributed by atoms with Crippen LogP contribution in [-0.4, -0.2) is 75.1 Å². The molecule has 5 heterocycles. The first-order valence-corrected chi connectivity index (χ1v) is 11.0. The number of ether oxygens (including phenoxy) is 1. The summed E-state index contributed by atoms with van der Waals surface area (Å²) in [6.07, 6.45) is 2.98. The van der Waals surface area contributed by atoms with Crippen LogP contribution in [-0.2, 0) is 11.3 Å². The average Bonchev–Trinajstić information content (AvgIpc) is 3.41. The largest absolute Gasteiger partial charge is 0.380 e. The fourth-order valence-corrected chi connectivity index (χ4v) is 4.73. The molecule has 0 spiro atoms. The fraction of sp³-hybridized carbons (Fsp3) is 0.545. The zero-order chi connectivity index (χ0) is 21.5. The Morgan fingerprint density at radius 2 is 2.06 bits per heavy atom. The Morgan fingerprint density at radius 1 is 1.19 bits per heavy atom. The third-order valence-corrected chi connectivity index (χ3v) is 6.33. The molecule has 2 atom stereocenters. The Balaban J connectivity index is 1.58. The summed E-state index contributed by atoms with van der Waals surface area (Å²) in [5, 5.41) is 8.20. The van der Waals surface area contributed by atoms with Gasteiger partial charge in [-0.25, -0.2) is 9.97 Å². The number of hydrogen-bond acceptors (Lipinski definition) is 8. The maximum Gasteiger partial charge on any atom is 0.228 e. The average molecular weight is 423 g/mol. The van der Waals surface area contributed by atoms with Gasteiger partial charge in [-0.2, -0.15) is 10.1 Å². The lowest BCUT2D eigenvalue weighted by Crippen LogP contribution is -2.45. The molecule has 0 saturated carbocycles. The molecule has 2 saturated heterocycles. The standard InChI is InChI=1S/C22H30N8O/c1-5-31-9-8-30-20-19(15(3)27-30)25-22(29-13-16-11-17(29)12-28(16)4)26-21(20)24-18-10-14(2)6-7-23-18/h6-7,10,16-17H,5,8-9,11-13H2,1-4H3,(H,23,24,25,26)/t16-,17-/m0/s1. The first-order valence-electron chi connectivity index (χ1n) is 11.0. The van der Waals surface area contributed by atoms with E-state index in [2.05, 4.69) is 34.1 Å². The van der Waals surface area contributed by atoms with Crippen molar-refractivity contribution in [2.45, 2.75) is 45.8 Å². The van der Waals surface area contributed by atoms with Crippen LogP contribution < -0.4 is 10.2 Å². The number of pyridine rings is 1. The summed E-state index contributed by atoms with van der Waals surface area (Å²) in [5.74, 6) is 2.28. The molecule has 0 aliphatic carbocycles. The first kappa shape index (κ1) is 20.1. The van der Waals surface area contributed by atoms with Gasteiger partial charge in [-0.15, -0.1) is 0 Å². The number of aryl methyl sites for hydroxylation is 2. The molecule has 2 fully saturated rings. The Labute approximate surface area is 182 Å². The number of nitrogens with one attached hydrogen (secondary N) is 1. The van der Waals surface area contributed by atoms with Gasteiger partial charge in [0.15, 0.2) is 5.82 Å². The number of rotatable bonds is 7. The highest BCUT2D eigenvalue weighted by atomic mass is 16.5. The topological polar surface area (TPSA) is 84.2 Å². The monoisotopic (exact) mass is 422 g/mol. The van der Waals surface area contributed by atoms with E-state index in [1.165, 1.54) is 6.42 Å². The van der Waals surface area contributed by atoms with Gasteiger partial charge in [-0.3, -0.25) is 9.58 Å². The quantitative estimate of drug-likeness (QED) is 0.582. The van der Waals surface area contributed by atoms with Crippen molar-refractivity contribution in [2.24, 2.45) is 0 Å². The van der Waals surface area contributed by atoms with Crippen LogP contribution in [0.1, 0.15) is 24.6 Å². The molecule has 3 aromatic heterocycles. The maximum atomic E-state index is 5.57. The lowest BCUT2D eigenvalue weighted by molar-refractivity contribution is 0.137. The maximum absolute atomic E-state index is 5.57. The van der Waals surface area contributed by atoms with Crippen molar-refractivity contribution in [1.29, 1.82) is 0 Å². The van der Waals surface area contributed by atoms with Crippen molar-refractivity contribution in [3.05, 3.63) is 29.6 Å². The highest BCUT2D eigenvalue weighted by Crippen LogP contribution is 2.35. The SMILES string of the molecule is CCOCCn1nc(C)c2nc(N3C[C@@H]4C[C@H]3CN4C)nc(Nc3cc(C)ccn3)c21. The Kier molecular flexibility index (Phi) is 5.23. The van der Waals surface area contributed by atoms with Crippen LogP contribution in [0.5, 0.6) is 0 Å². The van der Waals surface area contributed by atoms with Crippen molar-refractivity contribution < 1.29 is 4.74 Å². The van der Waals surface area contributed by atoms with E-state index in [-0.39, 0.29) is 0 Å². The van der Waals surface area contributed by atoms with Gasteiger partial charge < -0.3 is 15.0 Å². The predicted octanol–water partition coefficient (Wildman–Crippen LogP) is 2.51. The number of nitrogens with zero attached hydrogens (tertiary/aromatic N) is 7. The number of anilines is 3. The molecular weight excluding hydrogens is 392 g/mol. The lowest BCUT2D eigenvalue weighted by atomic mass is 10.2. The van der Waals surface area contributed by atoms with Crippen LogP contribution in [0.15, 0.2) is 18.3 Å². The van der Waals surface area contributed by atoms with E-state index < -0.39 is 0 Å². The number of fused-ring (bicyclic) bond motifs is 3. The van der Waals surface area contributed by atoms with Gasteiger partial charge in [-0.1, -0.05) is 0 Å². The number of hydrogen-bond donors (Lipinski definition) is 1. The smallest absolute Gasteiger partial charge is 0.228 e. The molecule has 0 aromatic carbocycles. The molecule has 164 valence electrons. The molecule has 31 heavy (non-hydrogen) atoms. The summed E-state index contributed by atoms with van der Waals surface area (Å²) >= 11 is 0. The van der Waals surface area contributed by atoms with Crippen molar-refractivity contribution in [2.75, 3.05) is 43.6 Å². The molecule has 2 aliphatic heterocycles. The minimum Gasteiger partial charge on any atom is -0.380 e. The number of likely N-dealkylation sites (tertiary alicyclic amines) is 1. The predicted molar refractivity (Wildman–Crippen MR) is 121 cm³/mol. The second kappa shape index (κ2) is 8.05. The molecule has 5 rings (SSSR count). The fourth-order valence-electron chi connectivity index (χ4n) is 4.73. The van der Waals surface area contributed by atoms with Gasteiger partial charge in [0.1, 0.15) is 16.9 Å². The Hall–Kier alpha value is -2.78. The van der Waals surface area contributed by atoms with Crippen LogP contribution in [0.2, 0.25) is 0 Å². The van der Waals surface area contributed by atoms with Gasteiger partial charge in [0.2, 0.25) is 5.95 Å². The zero-order valence-corrected chi connectivity index (χ0v) is 18.7. The van der Waals surface area contributed by atoms with Gasteiger partial charge in [0.05, 0.1) is 18.8 Å². The number of likely N-dealkylation sites (N-methyl/N-ethyl adjacent to an activating group) is 1. The van der Waals surface area contributed by atoms with Crippen LogP contribution in [0.4, 0.5) is 17.6 Å². The molecule has 0 radical (unpaired) electrons. The Morgan fingerprint density at radius 3 is 2.77 bits per heavy atom. The van der Waals surface area contributed by atoms with Gasteiger partial charge in [0, 0.05) is 38.0 Å². The minimum atomic E-state index is 0.464. The van der Waals surface area contributed by atoms with Crippen LogP contribution in [0, 0.1) is 13.8 Å². The summed E-state index contributed by atoms with van der Waals surface area (Å²) in [5.41, 5.74) is 3.82. The molecule has 0 amide bonds. The third-order valence-electron chi connectivity index (χ3n) is 6.33. The second-order valence-corrected chi connectivity index (χ2v) is 8.55. The highest BCUT2D eigenvalue weighted by molar-refractivity contribution is 5.90. The van der Waals surface area contributed by atoms with Gasteiger partial charge in [0.25, 0.3) is 0 Å². The van der Waals surface area contributed by atoms with Crippen LogP contribution in [0.3, 0.4) is 0 Å². The molecule has 2 bridgehead atoms. The van der Waals surface area contributed by atoms with E-state index in [0.717, 1.165) is 53.0 Å². The Bertz CT molecular complexity index is 1090. The third kappa shape index (κ3) is 3.72. The summed E-state index contributed by atoms with van der Waals surface area (Å²) < 4.78 is 7.52. The molecule has 1 N–H and O–H groups in total. The van der Waals surface area contributed by atoms with Gasteiger partial charge >= 0.3 is 0 Å². The van der Waals surface area contributed by atoms with Crippen molar-refractivity contribution >= 4 is 28.6 Å². The highest BCUT2D eigenvalue weighted by Gasteiger charge is 2.42. The summed E-state index contributed by atoms with van der Waals surface area (Å²) in [4.78, 5) is 19.3. The van der Waals surface area contributed by atoms with Gasteiger partial charge in [-0.05, 0) is 51.9 Å². The summed E-state index contributed by atoms with van der Waals surface area (Å²) in [7, 11) is 2.20. The molecule has 9 nitrogen and oxygen atoms in total.